The molecule has 0 saturated heterocycles. The summed E-state index contributed by atoms with van der Waals surface area (Å²) in [6, 6.07) is 17.2. The summed E-state index contributed by atoms with van der Waals surface area (Å²) in [7, 11) is 0. The molecule has 0 spiro atoms. The molecule has 156 valence electrons. The molecule has 7 nitrogen and oxygen atoms in total. The first-order chi connectivity index (χ1) is 15.0. The van der Waals surface area contributed by atoms with E-state index in [4.69, 9.17) is 16.1 Å². The summed E-state index contributed by atoms with van der Waals surface area (Å²) < 4.78 is 6.76. The van der Waals surface area contributed by atoms with Gasteiger partial charge in [0.1, 0.15) is 5.15 Å². The van der Waals surface area contributed by atoms with Crippen LogP contribution in [0.3, 0.4) is 0 Å². The first-order valence-electron chi connectivity index (χ1n) is 9.67. The second-order valence-electron chi connectivity index (χ2n) is 6.94. The third-order valence-electron chi connectivity index (χ3n) is 4.64. The smallest absolute Gasteiger partial charge is 0.248 e. The Labute approximate surface area is 184 Å². The number of anilines is 1. The third kappa shape index (κ3) is 4.73. The Hall–Kier alpha value is -3.71. The summed E-state index contributed by atoms with van der Waals surface area (Å²) >= 11 is 6.52. The lowest BCUT2D eigenvalue weighted by Crippen LogP contribution is -2.09. The zero-order chi connectivity index (χ0) is 21.8. The molecule has 0 fully saturated rings. The van der Waals surface area contributed by atoms with Crippen LogP contribution >= 0.6 is 11.6 Å². The number of aryl methyl sites for hydroxylation is 2. The van der Waals surface area contributed by atoms with Crippen molar-refractivity contribution in [1.29, 1.82) is 0 Å². The van der Waals surface area contributed by atoms with Crippen molar-refractivity contribution in [2.24, 2.45) is 0 Å². The Kier molecular flexibility index (Phi) is 5.95. The number of rotatable bonds is 6. The Morgan fingerprint density at radius 2 is 1.87 bits per heavy atom. The minimum absolute atomic E-state index is 0.307. The standard InChI is InChI=1S/C23H20ClN5O2/c1-15-18(22(24)29(27-15)14-17-8-4-3-5-9-17)12-13-21(30)26-20-11-7-6-10-19(20)23-25-16(2)31-28-23/h3-13H,14H2,1-2H3,(H,26,30)/b13-12+. The number of nitrogens with one attached hydrogen (secondary N) is 1. The van der Waals surface area contributed by atoms with E-state index in [1.807, 2.05) is 55.5 Å². The molecule has 0 radical (unpaired) electrons. The molecule has 0 unspecified atom stereocenters. The van der Waals surface area contributed by atoms with Crippen LogP contribution in [0.5, 0.6) is 0 Å². The SMILES string of the molecule is Cc1nc(-c2ccccc2NC(=O)/C=C/c2c(C)nn(Cc3ccccc3)c2Cl)no1. The topological polar surface area (TPSA) is 85.8 Å². The van der Waals surface area contributed by atoms with Gasteiger partial charge in [0.2, 0.25) is 17.6 Å². The van der Waals surface area contributed by atoms with Gasteiger partial charge in [0.25, 0.3) is 0 Å². The molecule has 0 aliphatic heterocycles. The predicted molar refractivity (Wildman–Crippen MR) is 120 cm³/mol. The number of carbonyl (C=O) groups is 1. The Bertz CT molecular complexity index is 1240. The molecule has 0 saturated carbocycles. The molecule has 2 heterocycles. The number of hydrogen-bond acceptors (Lipinski definition) is 5. The fourth-order valence-corrected chi connectivity index (χ4v) is 3.44. The highest BCUT2D eigenvalue weighted by atomic mass is 35.5. The molecule has 2 aromatic carbocycles. The van der Waals surface area contributed by atoms with Crippen LogP contribution in [-0.2, 0) is 11.3 Å². The van der Waals surface area contributed by atoms with E-state index in [0.29, 0.717) is 40.2 Å². The Morgan fingerprint density at radius 1 is 1.13 bits per heavy atom. The maximum Gasteiger partial charge on any atom is 0.248 e. The van der Waals surface area contributed by atoms with Crippen molar-refractivity contribution >= 4 is 29.3 Å². The summed E-state index contributed by atoms with van der Waals surface area (Å²) in [5.74, 6) is 0.561. The summed E-state index contributed by atoms with van der Waals surface area (Å²) in [4.78, 5) is 16.8. The third-order valence-corrected chi connectivity index (χ3v) is 5.04. The predicted octanol–water partition coefficient (Wildman–Crippen LogP) is 4.90. The van der Waals surface area contributed by atoms with Crippen LogP contribution < -0.4 is 5.32 Å². The van der Waals surface area contributed by atoms with Crippen LogP contribution in [0, 0.1) is 13.8 Å². The maximum absolute atomic E-state index is 12.6. The Balaban J connectivity index is 1.51. The zero-order valence-corrected chi connectivity index (χ0v) is 17.8. The molecule has 1 N–H and O–H groups in total. The van der Waals surface area contributed by atoms with Gasteiger partial charge in [-0.1, -0.05) is 59.2 Å². The van der Waals surface area contributed by atoms with Crippen molar-refractivity contribution in [3.63, 3.8) is 0 Å². The molecule has 0 atom stereocenters. The van der Waals surface area contributed by atoms with Crippen molar-refractivity contribution in [1.82, 2.24) is 19.9 Å². The van der Waals surface area contributed by atoms with Crippen molar-refractivity contribution in [3.8, 4) is 11.4 Å². The van der Waals surface area contributed by atoms with E-state index in [-0.39, 0.29) is 5.91 Å². The van der Waals surface area contributed by atoms with Crippen LogP contribution in [0.15, 0.2) is 65.2 Å². The Morgan fingerprint density at radius 3 is 2.61 bits per heavy atom. The largest absolute Gasteiger partial charge is 0.339 e. The van der Waals surface area contributed by atoms with E-state index in [1.54, 1.807) is 23.7 Å². The average Bonchev–Trinajstić information content (AvgIpc) is 3.31. The fourth-order valence-electron chi connectivity index (χ4n) is 3.15. The van der Waals surface area contributed by atoms with Crippen molar-refractivity contribution in [2.45, 2.75) is 20.4 Å². The van der Waals surface area contributed by atoms with E-state index in [2.05, 4.69) is 20.6 Å². The van der Waals surface area contributed by atoms with Gasteiger partial charge >= 0.3 is 0 Å². The van der Waals surface area contributed by atoms with Crippen LogP contribution in [0.4, 0.5) is 5.69 Å². The minimum Gasteiger partial charge on any atom is -0.339 e. The lowest BCUT2D eigenvalue weighted by Gasteiger charge is -2.06. The summed E-state index contributed by atoms with van der Waals surface area (Å²) in [6.07, 6.45) is 3.10. The number of para-hydroxylation sites is 1. The van der Waals surface area contributed by atoms with Crippen molar-refractivity contribution in [3.05, 3.63) is 88.5 Å². The number of hydrogen-bond donors (Lipinski definition) is 1. The van der Waals surface area contributed by atoms with Crippen LogP contribution in [0.1, 0.15) is 22.7 Å². The van der Waals surface area contributed by atoms with E-state index in [9.17, 15) is 4.79 Å². The van der Waals surface area contributed by atoms with Gasteiger partial charge in [-0.15, -0.1) is 0 Å². The molecule has 1 amide bonds. The zero-order valence-electron chi connectivity index (χ0n) is 17.0. The van der Waals surface area contributed by atoms with Gasteiger partial charge in [0.05, 0.1) is 17.9 Å². The van der Waals surface area contributed by atoms with Gasteiger partial charge < -0.3 is 9.84 Å². The summed E-state index contributed by atoms with van der Waals surface area (Å²) in [6.45, 7) is 4.13. The molecule has 0 aliphatic rings. The second kappa shape index (κ2) is 8.97. The quantitative estimate of drug-likeness (QED) is 0.437. The van der Waals surface area contributed by atoms with Crippen LogP contribution in [0.25, 0.3) is 17.5 Å². The molecule has 4 rings (SSSR count). The van der Waals surface area contributed by atoms with Crippen molar-refractivity contribution in [2.75, 3.05) is 5.32 Å². The molecule has 4 aromatic rings. The number of nitrogens with zero attached hydrogens (tertiary/aromatic N) is 4. The molecule has 2 aromatic heterocycles. The van der Waals surface area contributed by atoms with Gasteiger partial charge in [-0.05, 0) is 30.7 Å². The molecule has 31 heavy (non-hydrogen) atoms. The fraction of sp³-hybridized carbons (Fsp3) is 0.130. The van der Waals surface area contributed by atoms with Gasteiger partial charge in [0, 0.05) is 24.1 Å². The number of amides is 1. The first-order valence-corrected chi connectivity index (χ1v) is 10.0. The molecular weight excluding hydrogens is 414 g/mol. The van der Waals surface area contributed by atoms with Gasteiger partial charge in [-0.3, -0.25) is 4.79 Å². The average molecular weight is 434 g/mol. The molecule has 0 bridgehead atoms. The van der Waals surface area contributed by atoms with Crippen molar-refractivity contribution < 1.29 is 9.32 Å². The molecule has 0 aliphatic carbocycles. The highest BCUT2D eigenvalue weighted by Crippen LogP contribution is 2.26. The second-order valence-corrected chi connectivity index (χ2v) is 7.30. The van der Waals surface area contributed by atoms with Gasteiger partial charge in [0.15, 0.2) is 0 Å². The van der Waals surface area contributed by atoms with Crippen LogP contribution in [-0.4, -0.2) is 25.8 Å². The highest BCUT2D eigenvalue weighted by molar-refractivity contribution is 6.31. The minimum atomic E-state index is -0.307. The van der Waals surface area contributed by atoms with Gasteiger partial charge in [-0.2, -0.15) is 10.1 Å². The monoisotopic (exact) mass is 433 g/mol. The first kappa shape index (κ1) is 20.6. The van der Waals surface area contributed by atoms with E-state index >= 15 is 0 Å². The molecular formula is C23H20ClN5O2. The van der Waals surface area contributed by atoms with E-state index in [0.717, 1.165) is 11.3 Å². The number of benzene rings is 2. The molecule has 8 heteroatoms. The van der Waals surface area contributed by atoms with E-state index < -0.39 is 0 Å². The van der Waals surface area contributed by atoms with E-state index in [1.165, 1.54) is 6.08 Å². The lowest BCUT2D eigenvalue weighted by atomic mass is 10.1. The summed E-state index contributed by atoms with van der Waals surface area (Å²) in [5, 5.41) is 11.8. The van der Waals surface area contributed by atoms with Crippen LogP contribution in [0.2, 0.25) is 5.15 Å². The summed E-state index contributed by atoms with van der Waals surface area (Å²) in [5.41, 5.74) is 3.79. The highest BCUT2D eigenvalue weighted by Gasteiger charge is 2.14. The maximum atomic E-state index is 12.6. The van der Waals surface area contributed by atoms with Gasteiger partial charge in [-0.25, -0.2) is 4.68 Å². The normalized spacial score (nSPS) is 11.2. The number of carbonyl (C=O) groups excluding carboxylic acids is 1. The number of halogens is 1. The number of aromatic nitrogens is 4. The lowest BCUT2D eigenvalue weighted by molar-refractivity contribution is -0.111.